The molecule has 0 aliphatic carbocycles. The number of nitrogens with one attached hydrogen (secondary N) is 3. The van der Waals surface area contributed by atoms with Crippen molar-refractivity contribution in [3.8, 4) is 0 Å². The molecule has 3 N–H and O–H groups in total. The summed E-state index contributed by atoms with van der Waals surface area (Å²) in [5, 5.41) is 12.4. The van der Waals surface area contributed by atoms with Crippen LogP contribution in [0.25, 0.3) is 0 Å². The fraction of sp³-hybridized carbons (Fsp3) is 0.389. The lowest BCUT2D eigenvalue weighted by molar-refractivity contribution is -0.114. The number of hydrogen-bond acceptors (Lipinski definition) is 4. The van der Waals surface area contributed by atoms with E-state index in [1.54, 1.807) is 6.07 Å². The van der Waals surface area contributed by atoms with Crippen LogP contribution in [-0.2, 0) is 4.79 Å². The third-order valence-corrected chi connectivity index (χ3v) is 3.92. The highest BCUT2D eigenvalue weighted by atomic mass is 16.5. The predicted octanol–water partition coefficient (Wildman–Crippen LogP) is 3.37. The van der Waals surface area contributed by atoms with E-state index in [9.17, 15) is 9.59 Å². The second-order valence-electron chi connectivity index (χ2n) is 6.11. The Morgan fingerprint density at radius 1 is 1.12 bits per heavy atom. The lowest BCUT2D eigenvalue weighted by Gasteiger charge is -2.19. The Hall–Kier alpha value is -2.83. The molecule has 3 amide bonds. The van der Waals surface area contributed by atoms with Gasteiger partial charge in [-0.2, -0.15) is 0 Å². The van der Waals surface area contributed by atoms with Crippen molar-refractivity contribution < 1.29 is 14.1 Å². The molecule has 0 saturated carbocycles. The third-order valence-electron chi connectivity index (χ3n) is 3.92. The number of amides is 3. The molecule has 0 aliphatic heterocycles. The number of carbonyl (C=O) groups excluding carboxylic acids is 2. The zero-order chi connectivity index (χ0) is 18.6. The number of benzene rings is 1. The molecule has 0 fully saturated rings. The van der Waals surface area contributed by atoms with Crippen LogP contribution in [0, 0.1) is 13.8 Å². The van der Waals surface area contributed by atoms with Crippen molar-refractivity contribution in [3.63, 3.8) is 0 Å². The summed E-state index contributed by atoms with van der Waals surface area (Å²) >= 11 is 0. The molecule has 7 nitrogen and oxygen atoms in total. The van der Waals surface area contributed by atoms with Crippen LogP contribution >= 0.6 is 0 Å². The predicted molar refractivity (Wildman–Crippen MR) is 95.2 cm³/mol. The number of nitrogens with zero attached hydrogens (tertiary/aromatic N) is 1. The molecular weight excluding hydrogens is 320 g/mol. The molecule has 7 heteroatoms. The highest BCUT2D eigenvalue weighted by Crippen LogP contribution is 2.21. The molecule has 25 heavy (non-hydrogen) atoms. The molecule has 0 bridgehead atoms. The normalized spacial score (nSPS) is 13.0. The number of aromatic nitrogens is 1. The van der Waals surface area contributed by atoms with Crippen molar-refractivity contribution in [2.45, 2.75) is 46.7 Å². The van der Waals surface area contributed by atoms with Crippen molar-refractivity contribution in [1.29, 1.82) is 0 Å². The van der Waals surface area contributed by atoms with E-state index in [4.69, 9.17) is 4.52 Å². The quantitative estimate of drug-likeness (QED) is 0.775. The summed E-state index contributed by atoms with van der Waals surface area (Å²) in [7, 11) is 0. The second kappa shape index (κ2) is 7.83. The number of rotatable bonds is 5. The first-order valence-electron chi connectivity index (χ1n) is 8.15. The van der Waals surface area contributed by atoms with Crippen molar-refractivity contribution >= 4 is 17.6 Å². The molecule has 0 saturated heterocycles. The zero-order valence-corrected chi connectivity index (χ0v) is 15.1. The molecule has 0 aliphatic rings. The molecular formula is C18H24N4O3. The summed E-state index contributed by atoms with van der Waals surface area (Å²) < 4.78 is 5.14. The first-order valence-corrected chi connectivity index (χ1v) is 8.15. The Morgan fingerprint density at radius 3 is 2.40 bits per heavy atom. The topological polar surface area (TPSA) is 96.3 Å². The van der Waals surface area contributed by atoms with Crippen LogP contribution in [0.1, 0.15) is 55.4 Å². The fourth-order valence-corrected chi connectivity index (χ4v) is 2.79. The van der Waals surface area contributed by atoms with Gasteiger partial charge in [-0.1, -0.05) is 17.3 Å². The van der Waals surface area contributed by atoms with Gasteiger partial charge in [0.25, 0.3) is 0 Å². The van der Waals surface area contributed by atoms with Crippen molar-refractivity contribution in [3.05, 3.63) is 46.8 Å². The smallest absolute Gasteiger partial charge is 0.315 e. The number of aryl methyl sites for hydroxylation is 2. The molecule has 134 valence electrons. The van der Waals surface area contributed by atoms with E-state index >= 15 is 0 Å². The van der Waals surface area contributed by atoms with Gasteiger partial charge in [0.05, 0.1) is 17.8 Å². The molecule has 1 aromatic carbocycles. The minimum absolute atomic E-state index is 0.135. The summed E-state index contributed by atoms with van der Waals surface area (Å²) in [5.74, 6) is 0.560. The van der Waals surface area contributed by atoms with E-state index in [-0.39, 0.29) is 24.0 Å². The lowest BCUT2D eigenvalue weighted by atomic mass is 10.1. The summed E-state index contributed by atoms with van der Waals surface area (Å²) in [6.07, 6.45) is 0. The highest BCUT2D eigenvalue weighted by molar-refractivity contribution is 5.88. The van der Waals surface area contributed by atoms with Gasteiger partial charge in [0.15, 0.2) is 0 Å². The monoisotopic (exact) mass is 344 g/mol. The number of carbonyl (C=O) groups is 2. The number of hydrogen-bond donors (Lipinski definition) is 3. The zero-order valence-electron chi connectivity index (χ0n) is 15.1. The third kappa shape index (κ3) is 4.82. The van der Waals surface area contributed by atoms with Crippen molar-refractivity contribution in [2.75, 3.05) is 5.32 Å². The van der Waals surface area contributed by atoms with Gasteiger partial charge in [0, 0.05) is 18.2 Å². The maximum absolute atomic E-state index is 12.3. The molecule has 2 atom stereocenters. The maximum atomic E-state index is 12.3. The minimum Gasteiger partial charge on any atom is -0.361 e. The number of urea groups is 1. The molecule has 2 aromatic rings. The average molecular weight is 344 g/mol. The Labute approximate surface area is 147 Å². The van der Waals surface area contributed by atoms with Crippen LogP contribution in [0.4, 0.5) is 10.5 Å². The van der Waals surface area contributed by atoms with Crippen molar-refractivity contribution in [1.82, 2.24) is 15.8 Å². The first-order chi connectivity index (χ1) is 11.8. The summed E-state index contributed by atoms with van der Waals surface area (Å²) in [5.41, 5.74) is 3.24. The van der Waals surface area contributed by atoms with Crippen LogP contribution in [-0.4, -0.2) is 17.1 Å². The highest BCUT2D eigenvalue weighted by Gasteiger charge is 2.19. The second-order valence-corrected chi connectivity index (χ2v) is 6.11. The van der Waals surface area contributed by atoms with Crippen LogP contribution in [0.5, 0.6) is 0 Å². The summed E-state index contributed by atoms with van der Waals surface area (Å²) in [4.78, 5) is 23.4. The molecule has 0 unspecified atom stereocenters. The largest absolute Gasteiger partial charge is 0.361 e. The van der Waals surface area contributed by atoms with Crippen molar-refractivity contribution in [2.24, 2.45) is 0 Å². The van der Waals surface area contributed by atoms with Crippen LogP contribution in [0.3, 0.4) is 0 Å². The summed E-state index contributed by atoms with van der Waals surface area (Å²) in [6.45, 7) is 8.89. The van der Waals surface area contributed by atoms with E-state index in [1.807, 2.05) is 45.9 Å². The Balaban J connectivity index is 1.99. The maximum Gasteiger partial charge on any atom is 0.315 e. The van der Waals surface area contributed by atoms with Gasteiger partial charge in [-0.25, -0.2) is 4.79 Å². The Bertz CT molecular complexity index is 750. The SMILES string of the molecule is CC(=O)Nc1cccc([C@H](C)NC(=O)N[C@@H](C)c2c(C)noc2C)c1. The minimum atomic E-state index is -0.287. The van der Waals surface area contributed by atoms with Gasteiger partial charge in [0.1, 0.15) is 5.76 Å². The van der Waals surface area contributed by atoms with E-state index < -0.39 is 0 Å². The van der Waals surface area contributed by atoms with Gasteiger partial charge < -0.3 is 20.5 Å². The first kappa shape index (κ1) is 18.5. The summed E-state index contributed by atoms with van der Waals surface area (Å²) in [6, 6.07) is 6.65. The number of anilines is 1. The molecule has 1 heterocycles. The molecule has 1 aromatic heterocycles. The standard InChI is InChI=1S/C18H24N4O3/c1-10(15-7-6-8-16(9-15)21-14(5)23)19-18(24)20-11(2)17-12(3)22-25-13(17)4/h6-11H,1-5H3,(H,21,23)(H2,19,20,24)/t10-,11-/m0/s1. The van der Waals surface area contributed by atoms with E-state index in [1.165, 1.54) is 6.92 Å². The molecule has 0 radical (unpaired) electrons. The Morgan fingerprint density at radius 2 is 1.80 bits per heavy atom. The molecule has 2 rings (SSSR count). The van der Waals surface area contributed by atoms with E-state index in [0.29, 0.717) is 11.4 Å². The lowest BCUT2D eigenvalue weighted by Crippen LogP contribution is -2.38. The van der Waals surface area contributed by atoms with E-state index in [0.717, 1.165) is 16.8 Å². The van der Waals surface area contributed by atoms with Gasteiger partial charge in [-0.05, 0) is 45.4 Å². The van der Waals surface area contributed by atoms with Gasteiger partial charge in [0.2, 0.25) is 5.91 Å². The van der Waals surface area contributed by atoms with Crippen LogP contribution < -0.4 is 16.0 Å². The van der Waals surface area contributed by atoms with Gasteiger partial charge in [-0.3, -0.25) is 4.79 Å². The van der Waals surface area contributed by atoms with Crippen LogP contribution in [0.15, 0.2) is 28.8 Å². The van der Waals surface area contributed by atoms with Crippen LogP contribution in [0.2, 0.25) is 0 Å². The molecule has 0 spiro atoms. The average Bonchev–Trinajstić information content (AvgIpc) is 2.85. The Kier molecular flexibility index (Phi) is 5.80. The fourth-order valence-electron chi connectivity index (χ4n) is 2.79. The van der Waals surface area contributed by atoms with Gasteiger partial charge in [-0.15, -0.1) is 0 Å². The van der Waals surface area contributed by atoms with Gasteiger partial charge >= 0.3 is 6.03 Å². The van der Waals surface area contributed by atoms with E-state index in [2.05, 4.69) is 21.1 Å².